The Labute approximate surface area is 267 Å². The summed E-state index contributed by atoms with van der Waals surface area (Å²) in [7, 11) is 1.61. The highest BCUT2D eigenvalue weighted by Gasteiger charge is 2.47. The maximum atomic E-state index is 13.7. The number of benzene rings is 1. The van der Waals surface area contributed by atoms with Gasteiger partial charge in [0.05, 0.1) is 43.1 Å². The minimum absolute atomic E-state index is 0.177. The second-order valence-corrected chi connectivity index (χ2v) is 14.9. The van der Waals surface area contributed by atoms with Crippen molar-refractivity contribution in [1.82, 2.24) is 14.9 Å². The zero-order valence-corrected chi connectivity index (χ0v) is 27.7. The van der Waals surface area contributed by atoms with Crippen molar-refractivity contribution < 1.29 is 29.0 Å². The molecule has 2 bridgehead atoms. The number of carbonyl (C=O) groups excluding carboxylic acids is 2. The van der Waals surface area contributed by atoms with E-state index in [2.05, 4.69) is 0 Å². The number of ether oxygens (including phenoxy) is 2. The van der Waals surface area contributed by atoms with Crippen molar-refractivity contribution in [2.75, 3.05) is 13.7 Å². The van der Waals surface area contributed by atoms with Crippen LogP contribution in [0.4, 0.5) is 0 Å². The number of carbonyl (C=O) groups is 3. The van der Waals surface area contributed by atoms with E-state index in [1.54, 1.807) is 7.11 Å². The number of aromatic nitrogens is 2. The molecule has 2 heterocycles. The number of unbranched alkanes of at least 4 members (excludes halogenated alkanes) is 2. The van der Waals surface area contributed by atoms with Gasteiger partial charge in [0.2, 0.25) is 11.8 Å². The molecule has 0 radical (unpaired) electrons. The Balaban J connectivity index is 1.31. The van der Waals surface area contributed by atoms with Crippen LogP contribution >= 0.6 is 0 Å². The van der Waals surface area contributed by atoms with Gasteiger partial charge in [-0.15, -0.1) is 0 Å². The molecule has 1 aromatic heterocycles. The lowest BCUT2D eigenvalue weighted by Crippen LogP contribution is -2.46. The smallest absolute Gasteiger partial charge is 0.304 e. The summed E-state index contributed by atoms with van der Waals surface area (Å²) in [4.78, 5) is 49.0. The Morgan fingerprint density at radius 1 is 1.09 bits per heavy atom. The summed E-state index contributed by atoms with van der Waals surface area (Å²) < 4.78 is 12.0. The topological polar surface area (TPSA) is 119 Å². The van der Waals surface area contributed by atoms with Gasteiger partial charge in [-0.25, -0.2) is 9.97 Å². The Morgan fingerprint density at radius 2 is 1.84 bits per heavy atom. The molecule has 3 aliphatic carbocycles. The fourth-order valence-corrected chi connectivity index (χ4v) is 8.03. The minimum atomic E-state index is -1.04. The first kappa shape index (κ1) is 33.1. The number of nitrogens with zero attached hydrogens (tertiary/aromatic N) is 3. The molecule has 1 amide bonds. The normalized spacial score (nSPS) is 27.0. The first-order valence-electron chi connectivity index (χ1n) is 17.0. The van der Waals surface area contributed by atoms with Crippen molar-refractivity contribution in [2.24, 2.45) is 35.0 Å². The van der Waals surface area contributed by atoms with Crippen LogP contribution < -0.4 is 9.47 Å². The Kier molecular flexibility index (Phi) is 10.3. The van der Waals surface area contributed by atoms with Crippen LogP contribution in [0.1, 0.15) is 97.6 Å². The second-order valence-electron chi connectivity index (χ2n) is 14.9. The molecular weight excluding hydrogens is 570 g/mol. The summed E-state index contributed by atoms with van der Waals surface area (Å²) >= 11 is 0. The van der Waals surface area contributed by atoms with Gasteiger partial charge in [0, 0.05) is 12.0 Å². The zero-order chi connectivity index (χ0) is 32.3. The van der Waals surface area contributed by atoms with Gasteiger partial charge in [0.1, 0.15) is 23.8 Å². The predicted octanol–water partition coefficient (Wildman–Crippen LogP) is 6.50. The van der Waals surface area contributed by atoms with Crippen LogP contribution in [0.15, 0.2) is 18.2 Å². The second kappa shape index (κ2) is 14.0. The number of carboxylic acids is 1. The molecule has 1 N–H and O–H groups in total. The third-order valence-electron chi connectivity index (χ3n) is 10.9. The van der Waals surface area contributed by atoms with E-state index in [1.165, 1.54) is 49.8 Å². The average molecular weight is 622 g/mol. The molecule has 3 saturated carbocycles. The molecule has 4 aliphatic rings. The summed E-state index contributed by atoms with van der Waals surface area (Å²) in [5, 5.41) is 9.52. The van der Waals surface area contributed by atoms with Crippen molar-refractivity contribution in [2.45, 2.75) is 110 Å². The van der Waals surface area contributed by atoms with Crippen molar-refractivity contribution in [3.63, 3.8) is 0 Å². The van der Waals surface area contributed by atoms with Crippen LogP contribution in [0.5, 0.6) is 11.6 Å². The number of likely N-dealkylation sites (tertiary alicyclic amines) is 1. The predicted molar refractivity (Wildman–Crippen MR) is 172 cm³/mol. The number of rotatable bonds is 13. The van der Waals surface area contributed by atoms with E-state index in [1.807, 2.05) is 45.9 Å². The van der Waals surface area contributed by atoms with Gasteiger partial charge in [0.15, 0.2) is 0 Å². The number of hydrogen-bond donors (Lipinski definition) is 1. The number of aliphatic carboxylic acids is 1. The van der Waals surface area contributed by atoms with Gasteiger partial charge >= 0.3 is 5.97 Å². The van der Waals surface area contributed by atoms with Crippen molar-refractivity contribution >= 4 is 29.2 Å². The van der Waals surface area contributed by atoms with Gasteiger partial charge < -0.3 is 24.3 Å². The Morgan fingerprint density at radius 3 is 2.47 bits per heavy atom. The van der Waals surface area contributed by atoms with Gasteiger partial charge in [0.25, 0.3) is 0 Å². The molecule has 1 aliphatic heterocycles. The van der Waals surface area contributed by atoms with Crippen molar-refractivity contribution in [3.05, 3.63) is 23.9 Å². The molecule has 246 valence electrons. The van der Waals surface area contributed by atoms with Crippen LogP contribution in [0.2, 0.25) is 0 Å². The first-order chi connectivity index (χ1) is 21.5. The van der Waals surface area contributed by atoms with Crippen molar-refractivity contribution in [3.8, 4) is 11.6 Å². The molecule has 9 heteroatoms. The molecule has 9 nitrogen and oxygen atoms in total. The molecular formula is C36H51N3O6. The average Bonchev–Trinajstić information content (AvgIpc) is 3.33. The number of fused-ring (bicyclic) bond motifs is 4. The fourth-order valence-electron chi connectivity index (χ4n) is 8.03. The van der Waals surface area contributed by atoms with Crippen LogP contribution in [0.3, 0.4) is 0 Å². The van der Waals surface area contributed by atoms with Crippen LogP contribution in [-0.2, 0) is 20.8 Å². The molecule has 6 rings (SSSR count). The number of amides is 1. The summed E-state index contributed by atoms with van der Waals surface area (Å²) in [5.74, 6) is 1.46. The molecule has 5 atom stereocenters. The standard InChI is InChI=1S/C36H51N3O6/c1-22-31(21-40)39(35(43)27(19-33(41)42)36(2,3)4)20-32(22)45-34-29(37-28-16-15-26(44-5)18-30(28)38-34)10-8-6-7-9-25-17-23-11-13-24(25)14-12-23/h15-16,18,21-25,27,31-32H,6-14,17,19-20H2,1-5H3,(H,41,42)/t22-,23?,24?,25-,27+,31+,32-/m0/s1. The third-order valence-corrected chi connectivity index (χ3v) is 10.9. The van der Waals surface area contributed by atoms with Crippen LogP contribution in [0, 0.1) is 35.0 Å². The highest BCUT2D eigenvalue weighted by molar-refractivity contribution is 5.86. The van der Waals surface area contributed by atoms with E-state index < -0.39 is 29.4 Å². The summed E-state index contributed by atoms with van der Waals surface area (Å²) in [6.07, 6.45) is 12.5. The Bertz CT molecular complexity index is 1360. The number of hydrogen-bond acceptors (Lipinski definition) is 7. The summed E-state index contributed by atoms with van der Waals surface area (Å²) in [6, 6.07) is 4.90. The molecule has 45 heavy (non-hydrogen) atoms. The quantitative estimate of drug-likeness (QED) is 0.199. The van der Waals surface area contributed by atoms with Crippen LogP contribution in [-0.4, -0.2) is 63.9 Å². The largest absolute Gasteiger partial charge is 0.497 e. The van der Waals surface area contributed by atoms with E-state index in [0.717, 1.165) is 54.5 Å². The van der Waals surface area contributed by atoms with Gasteiger partial charge in [-0.3, -0.25) is 9.59 Å². The fraction of sp³-hybridized carbons (Fsp3) is 0.694. The maximum absolute atomic E-state index is 13.7. The monoisotopic (exact) mass is 621 g/mol. The van der Waals surface area contributed by atoms with Crippen LogP contribution in [0.25, 0.3) is 11.0 Å². The molecule has 0 unspecified atom stereocenters. The lowest BCUT2D eigenvalue weighted by molar-refractivity contribution is -0.149. The SMILES string of the molecule is COc1ccc2nc(CCCCC[C@H]3CC4CCC3CC4)c(O[C@H]3CN(C(=O)[C@@H](CC(=O)O)C(C)(C)C)[C@H](C=O)[C@@H]3C)nc2c1. The number of methoxy groups -OCH3 is 1. The molecule has 0 spiro atoms. The molecule has 2 aromatic rings. The van der Waals surface area contributed by atoms with E-state index >= 15 is 0 Å². The molecule has 1 aromatic carbocycles. The summed E-state index contributed by atoms with van der Waals surface area (Å²) in [5.41, 5.74) is 1.61. The summed E-state index contributed by atoms with van der Waals surface area (Å²) in [6.45, 7) is 7.64. The lowest BCUT2D eigenvalue weighted by Gasteiger charge is -2.42. The lowest BCUT2D eigenvalue weighted by atomic mass is 9.63. The first-order valence-corrected chi connectivity index (χ1v) is 17.0. The number of aldehydes is 1. The highest BCUT2D eigenvalue weighted by atomic mass is 16.5. The third kappa shape index (κ3) is 7.60. The molecule has 1 saturated heterocycles. The van der Waals surface area contributed by atoms with E-state index in [-0.39, 0.29) is 24.8 Å². The molecule has 4 fully saturated rings. The zero-order valence-electron chi connectivity index (χ0n) is 27.7. The number of carboxylic acid groups (broad SMARTS) is 1. The Hall–Kier alpha value is -3.23. The van der Waals surface area contributed by atoms with Gasteiger partial charge in [-0.1, -0.05) is 59.8 Å². The number of aryl methyl sites for hydroxylation is 1. The highest BCUT2D eigenvalue weighted by Crippen LogP contribution is 2.46. The van der Waals surface area contributed by atoms with E-state index in [4.69, 9.17) is 19.4 Å². The minimum Gasteiger partial charge on any atom is -0.497 e. The van der Waals surface area contributed by atoms with E-state index in [0.29, 0.717) is 17.1 Å². The van der Waals surface area contributed by atoms with Gasteiger partial charge in [-0.05, 0) is 67.4 Å². The van der Waals surface area contributed by atoms with Gasteiger partial charge in [-0.2, -0.15) is 0 Å². The maximum Gasteiger partial charge on any atom is 0.304 e. The van der Waals surface area contributed by atoms with E-state index in [9.17, 15) is 19.5 Å². The van der Waals surface area contributed by atoms with Crippen molar-refractivity contribution in [1.29, 1.82) is 0 Å².